The Kier molecular flexibility index (Phi) is 5.39. The summed E-state index contributed by atoms with van der Waals surface area (Å²) in [6.45, 7) is 3.04. The van der Waals surface area contributed by atoms with Crippen molar-refractivity contribution in [3.8, 4) is 0 Å². The van der Waals surface area contributed by atoms with E-state index in [0.29, 0.717) is 39.3 Å². The number of piperazine rings is 1. The molecule has 3 rings (SSSR count). The molecule has 2 fully saturated rings. The van der Waals surface area contributed by atoms with Gasteiger partial charge in [0.2, 0.25) is 11.8 Å². The molecule has 0 radical (unpaired) electrons. The minimum absolute atomic E-state index is 0.00799. The van der Waals surface area contributed by atoms with Crippen molar-refractivity contribution in [2.45, 2.75) is 13.0 Å². The van der Waals surface area contributed by atoms with Crippen LogP contribution in [0.3, 0.4) is 0 Å². The zero-order valence-electron chi connectivity index (χ0n) is 15.3. The molecular weight excluding hydrogens is 334 g/mol. The molecule has 3 heterocycles. The van der Waals surface area contributed by atoms with Crippen molar-refractivity contribution < 1.29 is 14.4 Å². The lowest BCUT2D eigenvalue weighted by atomic mass is 10.1. The molecule has 1 unspecified atom stereocenters. The molecule has 140 valence electrons. The third-order valence-corrected chi connectivity index (χ3v) is 4.90. The number of amides is 4. The number of pyridine rings is 1. The van der Waals surface area contributed by atoms with Gasteiger partial charge in [-0.25, -0.2) is 4.79 Å². The molecular formula is C18H25N5O3. The highest BCUT2D eigenvalue weighted by Gasteiger charge is 2.37. The number of nitrogens with zero attached hydrogens (tertiary/aromatic N) is 5. The predicted molar refractivity (Wildman–Crippen MR) is 95.0 cm³/mol. The van der Waals surface area contributed by atoms with Crippen LogP contribution < -0.4 is 0 Å². The number of carbonyl (C=O) groups is 3. The first-order chi connectivity index (χ1) is 12.5. The van der Waals surface area contributed by atoms with Gasteiger partial charge >= 0.3 is 6.03 Å². The van der Waals surface area contributed by atoms with Crippen LogP contribution in [0.4, 0.5) is 4.79 Å². The number of urea groups is 1. The summed E-state index contributed by atoms with van der Waals surface area (Å²) >= 11 is 0. The summed E-state index contributed by atoms with van der Waals surface area (Å²) in [7, 11) is 3.45. The van der Waals surface area contributed by atoms with Crippen LogP contribution in [0.2, 0.25) is 0 Å². The number of aromatic nitrogens is 1. The predicted octanol–water partition coefficient (Wildman–Crippen LogP) is 0.256. The average molecular weight is 359 g/mol. The van der Waals surface area contributed by atoms with Crippen molar-refractivity contribution in [3.05, 3.63) is 30.1 Å². The summed E-state index contributed by atoms with van der Waals surface area (Å²) < 4.78 is 0. The maximum absolute atomic E-state index is 12.8. The van der Waals surface area contributed by atoms with Gasteiger partial charge in [-0.05, 0) is 11.6 Å². The molecule has 0 aromatic carbocycles. The van der Waals surface area contributed by atoms with Gasteiger partial charge in [-0.2, -0.15) is 0 Å². The summed E-state index contributed by atoms with van der Waals surface area (Å²) in [5.41, 5.74) is 0.963. The Bertz CT molecular complexity index is 671. The molecule has 8 heteroatoms. The number of rotatable bonds is 3. The third kappa shape index (κ3) is 3.95. The number of hydrogen-bond donors (Lipinski definition) is 0. The van der Waals surface area contributed by atoms with Gasteiger partial charge in [-0.15, -0.1) is 0 Å². The molecule has 0 bridgehead atoms. The van der Waals surface area contributed by atoms with E-state index in [0.717, 1.165) is 5.56 Å². The second-order valence-electron chi connectivity index (χ2n) is 7.03. The van der Waals surface area contributed by atoms with Crippen LogP contribution in [0.25, 0.3) is 0 Å². The highest BCUT2D eigenvalue weighted by atomic mass is 16.2. The van der Waals surface area contributed by atoms with E-state index < -0.39 is 0 Å². The van der Waals surface area contributed by atoms with Crippen molar-refractivity contribution in [2.24, 2.45) is 5.92 Å². The van der Waals surface area contributed by atoms with E-state index in [4.69, 9.17) is 0 Å². The molecule has 1 aromatic rings. The Labute approximate surface area is 153 Å². The maximum atomic E-state index is 12.8. The van der Waals surface area contributed by atoms with Gasteiger partial charge in [0.05, 0.1) is 5.92 Å². The van der Waals surface area contributed by atoms with E-state index in [1.54, 1.807) is 46.1 Å². The van der Waals surface area contributed by atoms with Gasteiger partial charge in [-0.3, -0.25) is 14.6 Å². The van der Waals surface area contributed by atoms with E-state index in [9.17, 15) is 14.4 Å². The van der Waals surface area contributed by atoms with Crippen LogP contribution in [0.15, 0.2) is 24.5 Å². The van der Waals surface area contributed by atoms with Gasteiger partial charge < -0.3 is 19.6 Å². The second kappa shape index (κ2) is 7.72. The molecule has 1 aromatic heterocycles. The summed E-state index contributed by atoms with van der Waals surface area (Å²) in [5.74, 6) is -0.270. The van der Waals surface area contributed by atoms with Crippen molar-refractivity contribution in [2.75, 3.05) is 46.8 Å². The van der Waals surface area contributed by atoms with E-state index in [1.165, 1.54) is 0 Å². The lowest BCUT2D eigenvalue weighted by molar-refractivity contribution is -0.137. The number of hydrogen-bond acceptors (Lipinski definition) is 4. The first-order valence-electron chi connectivity index (χ1n) is 8.87. The Morgan fingerprint density at radius 2 is 1.88 bits per heavy atom. The van der Waals surface area contributed by atoms with E-state index in [2.05, 4.69) is 4.98 Å². The fourth-order valence-electron chi connectivity index (χ4n) is 3.46. The first-order valence-corrected chi connectivity index (χ1v) is 8.87. The second-order valence-corrected chi connectivity index (χ2v) is 7.03. The summed E-state index contributed by atoms with van der Waals surface area (Å²) in [4.78, 5) is 47.9. The van der Waals surface area contributed by atoms with Crippen molar-refractivity contribution in [1.82, 2.24) is 24.6 Å². The lowest BCUT2D eigenvalue weighted by Gasteiger charge is -2.36. The van der Waals surface area contributed by atoms with Gasteiger partial charge in [-0.1, -0.05) is 6.07 Å². The molecule has 0 saturated carbocycles. The zero-order chi connectivity index (χ0) is 18.7. The Morgan fingerprint density at radius 1 is 1.19 bits per heavy atom. The van der Waals surface area contributed by atoms with Crippen LogP contribution in [-0.4, -0.2) is 89.2 Å². The molecule has 4 amide bonds. The smallest absolute Gasteiger partial charge is 0.319 e. The minimum atomic E-state index is -0.296. The van der Waals surface area contributed by atoms with E-state index >= 15 is 0 Å². The van der Waals surface area contributed by atoms with Crippen molar-refractivity contribution >= 4 is 17.8 Å². The monoisotopic (exact) mass is 359 g/mol. The summed E-state index contributed by atoms with van der Waals surface area (Å²) in [6, 6.07) is 3.74. The van der Waals surface area contributed by atoms with Gasteiger partial charge in [0.1, 0.15) is 0 Å². The third-order valence-electron chi connectivity index (χ3n) is 4.90. The number of carbonyl (C=O) groups excluding carboxylic acids is 3. The Morgan fingerprint density at radius 3 is 2.50 bits per heavy atom. The zero-order valence-corrected chi connectivity index (χ0v) is 15.3. The normalized spacial score (nSPS) is 20.5. The molecule has 2 saturated heterocycles. The van der Waals surface area contributed by atoms with Crippen LogP contribution in [-0.2, 0) is 16.1 Å². The largest absolute Gasteiger partial charge is 0.339 e. The van der Waals surface area contributed by atoms with Crippen LogP contribution in [0.5, 0.6) is 0 Å². The van der Waals surface area contributed by atoms with Gasteiger partial charge in [0, 0.05) is 72.2 Å². The topological polar surface area (TPSA) is 77.1 Å². The van der Waals surface area contributed by atoms with Crippen LogP contribution >= 0.6 is 0 Å². The van der Waals surface area contributed by atoms with Gasteiger partial charge in [0.25, 0.3) is 0 Å². The SMILES string of the molecule is CN(C)C(=O)N1CCN(C(=O)C2CC(=O)N(Cc3cccnc3)C2)CC1. The molecule has 1 atom stereocenters. The Hall–Kier alpha value is -2.64. The fourth-order valence-corrected chi connectivity index (χ4v) is 3.46. The number of likely N-dealkylation sites (tertiary alicyclic amines) is 1. The molecule has 8 nitrogen and oxygen atoms in total. The van der Waals surface area contributed by atoms with E-state index in [-0.39, 0.29) is 30.2 Å². The summed E-state index contributed by atoms with van der Waals surface area (Å²) in [5, 5.41) is 0. The molecule has 0 spiro atoms. The minimum Gasteiger partial charge on any atom is -0.339 e. The lowest BCUT2D eigenvalue weighted by Crippen LogP contribution is -2.54. The van der Waals surface area contributed by atoms with Crippen LogP contribution in [0, 0.1) is 5.92 Å². The summed E-state index contributed by atoms with van der Waals surface area (Å²) in [6.07, 6.45) is 3.70. The van der Waals surface area contributed by atoms with E-state index in [1.807, 2.05) is 12.1 Å². The van der Waals surface area contributed by atoms with Crippen LogP contribution in [0.1, 0.15) is 12.0 Å². The first kappa shape index (κ1) is 18.2. The molecule has 2 aliphatic rings. The highest BCUT2D eigenvalue weighted by molar-refractivity contribution is 5.89. The van der Waals surface area contributed by atoms with Gasteiger partial charge in [0.15, 0.2) is 0 Å². The molecule has 0 aliphatic carbocycles. The standard InChI is InChI=1S/C18H25N5O3/c1-20(2)18(26)22-8-6-21(7-9-22)17(25)15-10-16(24)23(13-15)12-14-4-3-5-19-11-14/h3-5,11,15H,6-10,12-13H2,1-2H3. The molecule has 26 heavy (non-hydrogen) atoms. The molecule has 0 N–H and O–H groups in total. The average Bonchev–Trinajstić information content (AvgIpc) is 3.02. The van der Waals surface area contributed by atoms with Crippen molar-refractivity contribution in [3.63, 3.8) is 0 Å². The molecule has 2 aliphatic heterocycles. The van der Waals surface area contributed by atoms with Crippen molar-refractivity contribution in [1.29, 1.82) is 0 Å². The Balaban J connectivity index is 1.53. The fraction of sp³-hybridized carbons (Fsp3) is 0.556. The quantitative estimate of drug-likeness (QED) is 0.775. The highest BCUT2D eigenvalue weighted by Crippen LogP contribution is 2.22. The maximum Gasteiger partial charge on any atom is 0.319 e.